The molecule has 3 heterocycles. The van der Waals surface area contributed by atoms with Crippen molar-refractivity contribution in [1.82, 2.24) is 19.5 Å². The highest BCUT2D eigenvalue weighted by atomic mass is 32.2. The number of rotatable bonds is 4. The minimum Gasteiger partial charge on any atom is -0.373 e. The molecule has 0 spiro atoms. The molecule has 20 heavy (non-hydrogen) atoms. The maximum absolute atomic E-state index is 11.3. The van der Waals surface area contributed by atoms with Crippen LogP contribution >= 0.6 is 0 Å². The number of imidazole rings is 1. The number of nitrogens with two attached hydrogens (primary N) is 1. The number of aromatic nitrogens is 4. The molecule has 9 nitrogen and oxygen atoms in total. The maximum Gasteiger partial charge on any atom is 0.335 e. The van der Waals surface area contributed by atoms with Gasteiger partial charge in [0.25, 0.3) is 0 Å². The fourth-order valence-electron chi connectivity index (χ4n) is 2.22. The Kier molecular flexibility index (Phi) is 3.38. The van der Waals surface area contributed by atoms with E-state index in [1.807, 2.05) is 0 Å². The van der Waals surface area contributed by atoms with Gasteiger partial charge in [0.15, 0.2) is 11.9 Å². The van der Waals surface area contributed by atoms with E-state index in [-0.39, 0.29) is 0 Å². The SMILES string of the molecule is NS(=O)(=O)OC(C1CCCO1)n1cnc2cncnc21. The molecular formula is C10H13N5O4S. The van der Waals surface area contributed by atoms with E-state index in [9.17, 15) is 8.42 Å². The lowest BCUT2D eigenvalue weighted by atomic mass is 10.2. The van der Waals surface area contributed by atoms with Crippen LogP contribution in [0.3, 0.4) is 0 Å². The molecule has 3 rings (SSSR count). The number of hydrogen-bond donors (Lipinski definition) is 1. The van der Waals surface area contributed by atoms with Crippen LogP contribution < -0.4 is 5.14 Å². The summed E-state index contributed by atoms with van der Waals surface area (Å²) >= 11 is 0. The third-order valence-electron chi connectivity index (χ3n) is 3.03. The summed E-state index contributed by atoms with van der Waals surface area (Å²) in [6.45, 7) is 0.552. The summed E-state index contributed by atoms with van der Waals surface area (Å²) in [7, 11) is -4.13. The number of nitrogens with zero attached hydrogens (tertiary/aromatic N) is 4. The molecule has 2 atom stereocenters. The van der Waals surface area contributed by atoms with Gasteiger partial charge in [-0.05, 0) is 12.8 Å². The molecule has 1 aliphatic heterocycles. The van der Waals surface area contributed by atoms with Gasteiger partial charge in [0.05, 0.1) is 12.5 Å². The largest absolute Gasteiger partial charge is 0.373 e. The highest BCUT2D eigenvalue weighted by Crippen LogP contribution is 2.28. The lowest BCUT2D eigenvalue weighted by Gasteiger charge is -2.23. The summed E-state index contributed by atoms with van der Waals surface area (Å²) in [4.78, 5) is 12.0. The van der Waals surface area contributed by atoms with E-state index in [2.05, 4.69) is 15.0 Å². The second-order valence-corrected chi connectivity index (χ2v) is 5.59. The Hall–Kier alpha value is -1.62. The number of hydrogen-bond acceptors (Lipinski definition) is 7. The predicted molar refractivity (Wildman–Crippen MR) is 67.5 cm³/mol. The van der Waals surface area contributed by atoms with Crippen LogP contribution in [0.1, 0.15) is 19.1 Å². The minimum absolute atomic E-state index is 0.416. The Bertz CT molecular complexity index is 709. The molecular weight excluding hydrogens is 286 g/mol. The van der Waals surface area contributed by atoms with Gasteiger partial charge in [-0.1, -0.05) is 0 Å². The topological polar surface area (TPSA) is 122 Å². The molecule has 2 unspecified atom stereocenters. The normalized spacial score (nSPS) is 21.4. The molecule has 1 fully saturated rings. The van der Waals surface area contributed by atoms with Crippen molar-refractivity contribution >= 4 is 21.5 Å². The molecule has 2 aromatic rings. The first-order chi connectivity index (χ1) is 9.54. The first kappa shape index (κ1) is 13.4. The molecule has 0 bridgehead atoms. The van der Waals surface area contributed by atoms with E-state index in [1.165, 1.54) is 23.4 Å². The van der Waals surface area contributed by atoms with E-state index >= 15 is 0 Å². The second kappa shape index (κ2) is 5.05. The summed E-state index contributed by atoms with van der Waals surface area (Å²) in [5.41, 5.74) is 0.998. The fourth-order valence-corrected chi connectivity index (χ4v) is 2.71. The lowest BCUT2D eigenvalue weighted by molar-refractivity contribution is -0.0212. The van der Waals surface area contributed by atoms with Gasteiger partial charge in [-0.2, -0.15) is 8.42 Å². The summed E-state index contributed by atoms with van der Waals surface area (Å²) < 4.78 is 34.5. The average Bonchev–Trinajstić information content (AvgIpc) is 3.05. The lowest BCUT2D eigenvalue weighted by Crippen LogP contribution is -2.31. The van der Waals surface area contributed by atoms with Crippen molar-refractivity contribution in [3.63, 3.8) is 0 Å². The monoisotopic (exact) mass is 299 g/mol. The zero-order valence-electron chi connectivity index (χ0n) is 10.4. The van der Waals surface area contributed by atoms with E-state index in [0.29, 0.717) is 24.2 Å². The van der Waals surface area contributed by atoms with Crippen molar-refractivity contribution in [3.05, 3.63) is 18.9 Å². The Morgan fingerprint density at radius 1 is 1.50 bits per heavy atom. The Morgan fingerprint density at radius 3 is 3.05 bits per heavy atom. The first-order valence-corrected chi connectivity index (χ1v) is 7.47. The maximum atomic E-state index is 11.3. The number of ether oxygens (including phenoxy) is 1. The third-order valence-corrected chi connectivity index (χ3v) is 3.49. The van der Waals surface area contributed by atoms with Crippen LogP contribution in [0.25, 0.3) is 11.2 Å². The van der Waals surface area contributed by atoms with Gasteiger partial charge in [0, 0.05) is 6.61 Å². The zero-order chi connectivity index (χ0) is 14.2. The van der Waals surface area contributed by atoms with Crippen LogP contribution in [0.15, 0.2) is 18.9 Å². The molecule has 108 valence electrons. The number of fused-ring (bicyclic) bond motifs is 1. The first-order valence-electron chi connectivity index (χ1n) is 6.00. The molecule has 0 saturated carbocycles. The minimum atomic E-state index is -4.13. The van der Waals surface area contributed by atoms with Crippen molar-refractivity contribution in [2.24, 2.45) is 5.14 Å². The van der Waals surface area contributed by atoms with Gasteiger partial charge in [0.2, 0.25) is 0 Å². The van der Waals surface area contributed by atoms with Crippen molar-refractivity contribution < 1.29 is 17.3 Å². The van der Waals surface area contributed by atoms with Crippen molar-refractivity contribution in [3.8, 4) is 0 Å². The van der Waals surface area contributed by atoms with Crippen LogP contribution in [-0.2, 0) is 19.2 Å². The van der Waals surface area contributed by atoms with Crippen LogP contribution in [0, 0.1) is 0 Å². The van der Waals surface area contributed by atoms with Gasteiger partial charge < -0.3 is 4.74 Å². The standard InChI is InChI=1S/C10H13N5O4S/c11-20(16,17)19-10(8-2-1-3-18-8)15-6-14-7-4-12-5-13-9(7)15/h4-6,8,10H,1-3H2,(H2,11,16,17). The molecule has 10 heteroatoms. The summed E-state index contributed by atoms with van der Waals surface area (Å²) in [5, 5.41) is 4.98. The van der Waals surface area contributed by atoms with Crippen molar-refractivity contribution in [1.29, 1.82) is 0 Å². The molecule has 1 aliphatic rings. The Labute approximate surface area is 115 Å². The molecule has 2 aromatic heterocycles. The van der Waals surface area contributed by atoms with Crippen LogP contribution in [-0.4, -0.2) is 40.6 Å². The van der Waals surface area contributed by atoms with Gasteiger partial charge >= 0.3 is 10.3 Å². The third kappa shape index (κ3) is 2.63. The molecule has 0 amide bonds. The van der Waals surface area contributed by atoms with Crippen LogP contribution in [0.5, 0.6) is 0 Å². The highest BCUT2D eigenvalue weighted by Gasteiger charge is 2.32. The van der Waals surface area contributed by atoms with Gasteiger partial charge in [-0.25, -0.2) is 24.3 Å². The van der Waals surface area contributed by atoms with Crippen molar-refractivity contribution in [2.75, 3.05) is 6.61 Å². The van der Waals surface area contributed by atoms with E-state index in [4.69, 9.17) is 14.1 Å². The van der Waals surface area contributed by atoms with E-state index < -0.39 is 22.6 Å². The van der Waals surface area contributed by atoms with Gasteiger partial charge in [-0.3, -0.25) is 4.57 Å². The predicted octanol–water partition coefficient (Wildman–Crippen LogP) is -0.276. The van der Waals surface area contributed by atoms with E-state index in [0.717, 1.165) is 6.42 Å². The zero-order valence-corrected chi connectivity index (χ0v) is 11.2. The summed E-state index contributed by atoms with van der Waals surface area (Å²) in [6.07, 6.45) is 4.48. The second-order valence-electron chi connectivity index (χ2n) is 4.41. The molecule has 2 N–H and O–H groups in total. The van der Waals surface area contributed by atoms with Crippen LogP contribution in [0.4, 0.5) is 0 Å². The average molecular weight is 299 g/mol. The highest BCUT2D eigenvalue weighted by molar-refractivity contribution is 7.84. The molecule has 0 radical (unpaired) electrons. The van der Waals surface area contributed by atoms with Crippen molar-refractivity contribution in [2.45, 2.75) is 25.2 Å². The van der Waals surface area contributed by atoms with Gasteiger partial charge in [0.1, 0.15) is 17.9 Å². The van der Waals surface area contributed by atoms with Gasteiger partial charge in [-0.15, -0.1) is 0 Å². The molecule has 0 aromatic carbocycles. The summed E-state index contributed by atoms with van der Waals surface area (Å²) in [5.74, 6) is 0. The molecule has 0 aliphatic carbocycles. The Balaban J connectivity index is 2.03. The quantitative estimate of drug-likeness (QED) is 0.824. The summed E-state index contributed by atoms with van der Waals surface area (Å²) in [6, 6.07) is 0. The van der Waals surface area contributed by atoms with Crippen LogP contribution in [0.2, 0.25) is 0 Å². The smallest absolute Gasteiger partial charge is 0.335 e. The fraction of sp³-hybridized carbons (Fsp3) is 0.500. The molecule has 1 saturated heterocycles. The van der Waals surface area contributed by atoms with E-state index in [1.54, 1.807) is 0 Å². The Morgan fingerprint density at radius 2 is 2.35 bits per heavy atom.